The molecule has 1 aliphatic heterocycles. The number of carbonyl (C=O) groups excluding carboxylic acids is 1. The molecular weight excluding hydrogens is 356 g/mol. The number of imidazole rings is 1. The molecule has 0 radical (unpaired) electrons. The largest absolute Gasteiger partial charge is 0.391 e. The van der Waals surface area contributed by atoms with Crippen molar-refractivity contribution in [1.29, 1.82) is 0 Å². The van der Waals surface area contributed by atoms with E-state index in [0.29, 0.717) is 30.6 Å². The number of carbonyl (C=O) groups is 1. The van der Waals surface area contributed by atoms with Crippen LogP contribution in [0.1, 0.15) is 30.5 Å². The van der Waals surface area contributed by atoms with E-state index in [-0.39, 0.29) is 18.4 Å². The number of benzene rings is 1. The van der Waals surface area contributed by atoms with Crippen LogP contribution in [0.5, 0.6) is 0 Å². The smallest absolute Gasteiger partial charge is 0.230 e. The van der Waals surface area contributed by atoms with Gasteiger partial charge in [0.1, 0.15) is 5.82 Å². The standard InChI is InChI=1S/C20H24N6O2/c1-12-22-19(24-23-12)8-20(28)25-9-13-6-17(18(27)7-14(13)10-25)26-11-21-15-4-2-3-5-16(15)26/h2-5,11,13-14,17-18,27H,6-10H2,1H3,(H,22,23,24)/t13-,14+,17-,18-/m1/s1. The van der Waals surface area contributed by atoms with Crippen LogP contribution in [0.25, 0.3) is 11.0 Å². The first-order valence-corrected chi connectivity index (χ1v) is 9.84. The van der Waals surface area contributed by atoms with Crippen molar-refractivity contribution in [2.75, 3.05) is 13.1 Å². The van der Waals surface area contributed by atoms with Gasteiger partial charge in [0.05, 0.1) is 35.9 Å². The Morgan fingerprint density at radius 3 is 2.82 bits per heavy atom. The predicted octanol–water partition coefficient (Wildman–Crippen LogP) is 1.48. The van der Waals surface area contributed by atoms with Crippen molar-refractivity contribution < 1.29 is 9.90 Å². The third-order valence-electron chi connectivity index (χ3n) is 6.25. The summed E-state index contributed by atoms with van der Waals surface area (Å²) >= 11 is 0. The lowest BCUT2D eigenvalue weighted by Crippen LogP contribution is -2.36. The molecule has 0 spiro atoms. The average Bonchev–Trinajstić information content (AvgIpc) is 3.39. The molecule has 146 valence electrons. The lowest BCUT2D eigenvalue weighted by molar-refractivity contribution is -0.129. The molecule has 1 saturated carbocycles. The van der Waals surface area contributed by atoms with Crippen molar-refractivity contribution in [2.45, 2.75) is 38.3 Å². The first-order chi connectivity index (χ1) is 13.6. The zero-order valence-corrected chi connectivity index (χ0v) is 15.8. The molecule has 28 heavy (non-hydrogen) atoms. The summed E-state index contributed by atoms with van der Waals surface area (Å²) in [7, 11) is 0. The molecule has 5 rings (SSSR count). The second kappa shape index (κ2) is 6.70. The summed E-state index contributed by atoms with van der Waals surface area (Å²) in [6.45, 7) is 3.27. The molecule has 4 atom stereocenters. The highest BCUT2D eigenvalue weighted by Crippen LogP contribution is 2.42. The molecule has 1 aliphatic carbocycles. The van der Waals surface area contributed by atoms with E-state index in [1.807, 2.05) is 42.4 Å². The number of fused-ring (bicyclic) bond motifs is 2. The summed E-state index contributed by atoms with van der Waals surface area (Å²) in [6.07, 6.45) is 3.20. The van der Waals surface area contributed by atoms with Crippen LogP contribution in [0.4, 0.5) is 0 Å². The molecule has 1 saturated heterocycles. The van der Waals surface area contributed by atoms with Gasteiger partial charge in [-0.1, -0.05) is 12.1 Å². The Balaban J connectivity index is 1.31. The number of aryl methyl sites for hydroxylation is 1. The van der Waals surface area contributed by atoms with E-state index >= 15 is 0 Å². The lowest BCUT2D eigenvalue weighted by Gasteiger charge is -2.36. The van der Waals surface area contributed by atoms with Crippen LogP contribution in [-0.2, 0) is 11.2 Å². The highest BCUT2D eigenvalue weighted by atomic mass is 16.3. The van der Waals surface area contributed by atoms with Crippen LogP contribution in [-0.4, -0.2) is 59.8 Å². The fraction of sp³-hybridized carbons (Fsp3) is 0.500. The second-order valence-corrected chi connectivity index (χ2v) is 8.08. The Morgan fingerprint density at radius 2 is 2.04 bits per heavy atom. The number of hydrogen-bond donors (Lipinski definition) is 2. The molecule has 1 aromatic carbocycles. The van der Waals surface area contributed by atoms with Gasteiger partial charge in [-0.3, -0.25) is 9.89 Å². The molecule has 2 fully saturated rings. The summed E-state index contributed by atoms with van der Waals surface area (Å²) in [4.78, 5) is 23.3. The van der Waals surface area contributed by atoms with Crippen molar-refractivity contribution in [3.05, 3.63) is 42.2 Å². The first-order valence-electron chi connectivity index (χ1n) is 9.84. The monoisotopic (exact) mass is 380 g/mol. The summed E-state index contributed by atoms with van der Waals surface area (Å²) in [6, 6.07) is 8.01. The van der Waals surface area contributed by atoms with E-state index in [0.717, 1.165) is 29.8 Å². The SMILES string of the molecule is Cc1nc(CC(=O)N2C[C@H]3C[C@@H](n4cnc5ccccc54)[C@H](O)C[C@H]3C2)n[nH]1. The molecule has 2 aromatic heterocycles. The molecule has 1 amide bonds. The van der Waals surface area contributed by atoms with Gasteiger partial charge >= 0.3 is 0 Å². The number of amides is 1. The Labute approximate surface area is 162 Å². The van der Waals surface area contributed by atoms with Crippen LogP contribution >= 0.6 is 0 Å². The Morgan fingerprint density at radius 1 is 1.25 bits per heavy atom. The molecule has 8 nitrogen and oxygen atoms in total. The number of para-hydroxylation sites is 2. The van der Waals surface area contributed by atoms with Gasteiger partial charge in [-0.05, 0) is 43.7 Å². The van der Waals surface area contributed by atoms with E-state index < -0.39 is 6.10 Å². The van der Waals surface area contributed by atoms with Crippen molar-refractivity contribution in [2.24, 2.45) is 11.8 Å². The minimum atomic E-state index is -0.426. The van der Waals surface area contributed by atoms with E-state index in [9.17, 15) is 9.90 Å². The molecule has 0 unspecified atom stereocenters. The van der Waals surface area contributed by atoms with Crippen molar-refractivity contribution in [3.63, 3.8) is 0 Å². The number of rotatable bonds is 3. The minimum absolute atomic E-state index is 0.000594. The van der Waals surface area contributed by atoms with Crippen LogP contribution in [0.3, 0.4) is 0 Å². The Hall–Kier alpha value is -2.74. The molecule has 3 heterocycles. The molecule has 2 N–H and O–H groups in total. The first kappa shape index (κ1) is 17.4. The summed E-state index contributed by atoms with van der Waals surface area (Å²) in [5.74, 6) is 2.07. The van der Waals surface area contributed by atoms with Crippen molar-refractivity contribution in [3.8, 4) is 0 Å². The number of aliphatic hydroxyl groups excluding tert-OH is 1. The maximum absolute atomic E-state index is 12.7. The average molecular weight is 380 g/mol. The number of aliphatic hydroxyl groups is 1. The maximum Gasteiger partial charge on any atom is 0.230 e. The van der Waals surface area contributed by atoms with Crippen LogP contribution in [0, 0.1) is 18.8 Å². The quantitative estimate of drug-likeness (QED) is 0.717. The highest BCUT2D eigenvalue weighted by molar-refractivity contribution is 5.78. The number of aromatic amines is 1. The number of H-pyrrole nitrogens is 1. The van der Waals surface area contributed by atoms with Crippen molar-refractivity contribution in [1.82, 2.24) is 29.6 Å². The minimum Gasteiger partial charge on any atom is -0.391 e. The van der Waals surface area contributed by atoms with Crippen LogP contribution in [0.2, 0.25) is 0 Å². The normalized spacial score (nSPS) is 27.3. The molecule has 0 bridgehead atoms. The zero-order valence-electron chi connectivity index (χ0n) is 15.8. The molecule has 2 aliphatic rings. The zero-order chi connectivity index (χ0) is 19.3. The third-order valence-corrected chi connectivity index (χ3v) is 6.25. The predicted molar refractivity (Wildman–Crippen MR) is 102 cm³/mol. The second-order valence-electron chi connectivity index (χ2n) is 8.08. The van der Waals surface area contributed by atoms with E-state index in [2.05, 4.69) is 24.7 Å². The van der Waals surface area contributed by atoms with Gasteiger partial charge in [-0.25, -0.2) is 9.97 Å². The summed E-state index contributed by atoms with van der Waals surface area (Å²) < 4.78 is 2.11. The van der Waals surface area contributed by atoms with Gasteiger partial charge in [0.2, 0.25) is 5.91 Å². The lowest BCUT2D eigenvalue weighted by atomic mass is 9.77. The Bertz CT molecular complexity index is 1010. The highest BCUT2D eigenvalue weighted by Gasteiger charge is 2.43. The van der Waals surface area contributed by atoms with Crippen LogP contribution < -0.4 is 0 Å². The molecular formula is C20H24N6O2. The van der Waals surface area contributed by atoms with Gasteiger partial charge in [-0.2, -0.15) is 5.10 Å². The number of nitrogens with one attached hydrogen (secondary N) is 1. The number of nitrogens with zero attached hydrogens (tertiary/aromatic N) is 5. The third kappa shape index (κ3) is 2.97. The Kier molecular flexibility index (Phi) is 4.16. The van der Waals surface area contributed by atoms with Gasteiger partial charge in [0.15, 0.2) is 5.82 Å². The number of likely N-dealkylation sites (tertiary alicyclic amines) is 1. The van der Waals surface area contributed by atoms with E-state index in [1.54, 1.807) is 0 Å². The molecule has 3 aromatic rings. The summed E-state index contributed by atoms with van der Waals surface area (Å²) in [5.41, 5.74) is 2.00. The number of aromatic nitrogens is 5. The summed E-state index contributed by atoms with van der Waals surface area (Å²) in [5, 5.41) is 17.7. The van der Waals surface area contributed by atoms with E-state index in [4.69, 9.17) is 0 Å². The number of hydrogen-bond acceptors (Lipinski definition) is 5. The van der Waals surface area contributed by atoms with Crippen LogP contribution in [0.15, 0.2) is 30.6 Å². The maximum atomic E-state index is 12.7. The van der Waals surface area contributed by atoms with Crippen molar-refractivity contribution >= 4 is 16.9 Å². The van der Waals surface area contributed by atoms with Gasteiger partial charge in [-0.15, -0.1) is 0 Å². The van der Waals surface area contributed by atoms with Gasteiger partial charge in [0, 0.05) is 13.1 Å². The topological polar surface area (TPSA) is 99.9 Å². The fourth-order valence-corrected chi connectivity index (χ4v) is 4.87. The fourth-order valence-electron chi connectivity index (χ4n) is 4.87. The van der Waals surface area contributed by atoms with Gasteiger partial charge < -0.3 is 14.6 Å². The van der Waals surface area contributed by atoms with Gasteiger partial charge in [0.25, 0.3) is 0 Å². The molecule has 8 heteroatoms. The van der Waals surface area contributed by atoms with E-state index in [1.165, 1.54) is 0 Å².